The Morgan fingerprint density at radius 3 is 2.52 bits per heavy atom. The summed E-state index contributed by atoms with van der Waals surface area (Å²) in [6.45, 7) is 7.22. The largest absolute Gasteiger partial charge is 0.377 e. The number of rotatable bonds is 7. The maximum atomic E-state index is 6.23. The van der Waals surface area contributed by atoms with E-state index in [2.05, 4.69) is 19.2 Å². The standard InChI is InChI=1S/C18H33NO2/c1-3-19-16(17(20-4-2)14-7-8-14)15-9-12-21-18(13-15)10-5-6-11-18/h14-17,19H,3-13H2,1-2H3. The minimum atomic E-state index is 0.219. The summed E-state index contributed by atoms with van der Waals surface area (Å²) in [6, 6.07) is 0.531. The van der Waals surface area contributed by atoms with E-state index in [0.717, 1.165) is 31.6 Å². The molecule has 2 aliphatic carbocycles. The molecule has 0 amide bonds. The molecule has 1 N–H and O–H groups in total. The number of hydrogen-bond donors (Lipinski definition) is 1. The van der Waals surface area contributed by atoms with Crippen LogP contribution in [0.15, 0.2) is 0 Å². The molecule has 3 rings (SSSR count). The predicted molar refractivity (Wildman–Crippen MR) is 85.5 cm³/mol. The first kappa shape index (κ1) is 15.8. The van der Waals surface area contributed by atoms with Gasteiger partial charge >= 0.3 is 0 Å². The highest BCUT2D eigenvalue weighted by Crippen LogP contribution is 2.45. The van der Waals surface area contributed by atoms with Crippen LogP contribution in [0.4, 0.5) is 0 Å². The quantitative estimate of drug-likeness (QED) is 0.779. The molecular weight excluding hydrogens is 262 g/mol. The van der Waals surface area contributed by atoms with Gasteiger partial charge < -0.3 is 14.8 Å². The Labute approximate surface area is 130 Å². The molecule has 3 nitrogen and oxygen atoms in total. The Balaban J connectivity index is 1.69. The zero-order valence-corrected chi connectivity index (χ0v) is 13.9. The molecule has 3 heteroatoms. The first-order valence-electron chi connectivity index (χ1n) is 9.27. The molecule has 2 saturated carbocycles. The average molecular weight is 295 g/mol. The van der Waals surface area contributed by atoms with E-state index in [9.17, 15) is 0 Å². The number of ether oxygens (including phenoxy) is 2. The van der Waals surface area contributed by atoms with Gasteiger partial charge in [-0.25, -0.2) is 0 Å². The zero-order chi connectivity index (χ0) is 14.7. The summed E-state index contributed by atoms with van der Waals surface area (Å²) in [4.78, 5) is 0. The van der Waals surface area contributed by atoms with Crippen molar-refractivity contribution in [2.24, 2.45) is 11.8 Å². The van der Waals surface area contributed by atoms with Crippen molar-refractivity contribution in [1.29, 1.82) is 0 Å². The Bertz CT molecular complexity index is 323. The van der Waals surface area contributed by atoms with E-state index in [0.29, 0.717) is 12.1 Å². The van der Waals surface area contributed by atoms with Crippen LogP contribution in [0.25, 0.3) is 0 Å². The lowest BCUT2D eigenvalue weighted by Gasteiger charge is -2.43. The van der Waals surface area contributed by atoms with Gasteiger partial charge in [-0.1, -0.05) is 19.8 Å². The van der Waals surface area contributed by atoms with E-state index >= 15 is 0 Å². The lowest BCUT2D eigenvalue weighted by molar-refractivity contribution is -0.110. The maximum Gasteiger partial charge on any atom is 0.0758 e. The first-order valence-corrected chi connectivity index (χ1v) is 9.27. The van der Waals surface area contributed by atoms with E-state index in [1.807, 2.05) is 0 Å². The molecule has 0 aromatic heterocycles. The molecule has 0 bridgehead atoms. The predicted octanol–water partition coefficient (Wildman–Crippen LogP) is 3.52. The maximum absolute atomic E-state index is 6.23. The van der Waals surface area contributed by atoms with Gasteiger partial charge in [0.1, 0.15) is 0 Å². The van der Waals surface area contributed by atoms with Crippen LogP contribution >= 0.6 is 0 Å². The van der Waals surface area contributed by atoms with Crippen molar-refractivity contribution in [1.82, 2.24) is 5.32 Å². The molecule has 0 radical (unpaired) electrons. The summed E-state index contributed by atoms with van der Waals surface area (Å²) in [5.74, 6) is 1.53. The van der Waals surface area contributed by atoms with Crippen LogP contribution in [0.2, 0.25) is 0 Å². The van der Waals surface area contributed by atoms with Crippen LogP contribution < -0.4 is 5.32 Å². The summed E-state index contributed by atoms with van der Waals surface area (Å²) in [6.07, 6.45) is 10.9. The van der Waals surface area contributed by atoms with Crippen molar-refractivity contribution in [3.8, 4) is 0 Å². The lowest BCUT2D eigenvalue weighted by Crippen LogP contribution is -2.52. The Kier molecular flexibility index (Phi) is 5.23. The molecule has 1 saturated heterocycles. The van der Waals surface area contributed by atoms with Gasteiger partial charge in [-0.15, -0.1) is 0 Å². The molecule has 1 spiro atoms. The third-order valence-corrected chi connectivity index (χ3v) is 5.79. The van der Waals surface area contributed by atoms with Crippen LogP contribution in [-0.4, -0.2) is 37.5 Å². The molecule has 21 heavy (non-hydrogen) atoms. The van der Waals surface area contributed by atoms with Gasteiger partial charge in [0, 0.05) is 19.3 Å². The third-order valence-electron chi connectivity index (χ3n) is 5.79. The fourth-order valence-electron chi connectivity index (χ4n) is 4.68. The summed E-state index contributed by atoms with van der Waals surface area (Å²) in [5, 5.41) is 3.78. The summed E-state index contributed by atoms with van der Waals surface area (Å²) < 4.78 is 12.4. The van der Waals surface area contributed by atoms with Gasteiger partial charge in [-0.05, 0) is 63.8 Å². The van der Waals surface area contributed by atoms with Gasteiger partial charge in [0.25, 0.3) is 0 Å². The van der Waals surface area contributed by atoms with Crippen molar-refractivity contribution >= 4 is 0 Å². The van der Waals surface area contributed by atoms with Crippen molar-refractivity contribution in [2.75, 3.05) is 19.8 Å². The number of nitrogens with one attached hydrogen (secondary N) is 1. The highest BCUT2D eigenvalue weighted by molar-refractivity contribution is 4.99. The summed E-state index contributed by atoms with van der Waals surface area (Å²) in [7, 11) is 0. The Morgan fingerprint density at radius 2 is 1.90 bits per heavy atom. The molecule has 122 valence electrons. The number of likely N-dealkylation sites (N-methyl/N-ethyl adjacent to an activating group) is 1. The van der Waals surface area contributed by atoms with Crippen molar-refractivity contribution < 1.29 is 9.47 Å². The van der Waals surface area contributed by atoms with E-state index in [4.69, 9.17) is 9.47 Å². The van der Waals surface area contributed by atoms with Crippen LogP contribution in [0, 0.1) is 11.8 Å². The molecule has 3 aliphatic rings. The molecule has 3 atom stereocenters. The van der Waals surface area contributed by atoms with Crippen LogP contribution in [0.3, 0.4) is 0 Å². The lowest BCUT2D eigenvalue weighted by atomic mass is 9.78. The fourth-order valence-corrected chi connectivity index (χ4v) is 4.68. The van der Waals surface area contributed by atoms with Gasteiger partial charge in [0.05, 0.1) is 11.7 Å². The Hall–Kier alpha value is -0.120. The topological polar surface area (TPSA) is 30.5 Å². The second kappa shape index (κ2) is 6.97. The molecule has 0 aromatic carbocycles. The van der Waals surface area contributed by atoms with Gasteiger partial charge in [0.2, 0.25) is 0 Å². The second-order valence-corrected chi connectivity index (χ2v) is 7.33. The monoisotopic (exact) mass is 295 g/mol. The van der Waals surface area contributed by atoms with Crippen LogP contribution in [0.1, 0.15) is 65.2 Å². The minimum absolute atomic E-state index is 0.219. The second-order valence-electron chi connectivity index (χ2n) is 7.33. The minimum Gasteiger partial charge on any atom is -0.377 e. The summed E-state index contributed by atoms with van der Waals surface area (Å²) in [5.41, 5.74) is 0.219. The van der Waals surface area contributed by atoms with Gasteiger partial charge in [0.15, 0.2) is 0 Å². The average Bonchev–Trinajstić information content (AvgIpc) is 3.25. The van der Waals surface area contributed by atoms with Gasteiger partial charge in [-0.2, -0.15) is 0 Å². The zero-order valence-electron chi connectivity index (χ0n) is 13.9. The van der Waals surface area contributed by atoms with Crippen LogP contribution in [-0.2, 0) is 9.47 Å². The molecule has 1 aliphatic heterocycles. The van der Waals surface area contributed by atoms with Crippen LogP contribution in [0.5, 0.6) is 0 Å². The van der Waals surface area contributed by atoms with E-state index < -0.39 is 0 Å². The van der Waals surface area contributed by atoms with Crippen molar-refractivity contribution in [3.05, 3.63) is 0 Å². The fraction of sp³-hybridized carbons (Fsp3) is 1.00. The highest BCUT2D eigenvalue weighted by atomic mass is 16.5. The molecule has 3 unspecified atom stereocenters. The van der Waals surface area contributed by atoms with E-state index in [1.54, 1.807) is 0 Å². The summed E-state index contributed by atoms with van der Waals surface area (Å²) >= 11 is 0. The highest BCUT2D eigenvalue weighted by Gasteiger charge is 2.46. The smallest absolute Gasteiger partial charge is 0.0758 e. The van der Waals surface area contributed by atoms with Crippen molar-refractivity contribution in [3.63, 3.8) is 0 Å². The first-order chi connectivity index (χ1) is 10.3. The molecule has 1 heterocycles. The third kappa shape index (κ3) is 3.62. The number of hydrogen-bond acceptors (Lipinski definition) is 3. The Morgan fingerprint density at radius 1 is 1.14 bits per heavy atom. The van der Waals surface area contributed by atoms with Crippen molar-refractivity contribution in [2.45, 2.75) is 83.0 Å². The van der Waals surface area contributed by atoms with E-state index in [-0.39, 0.29) is 5.60 Å². The normalized spacial score (nSPS) is 31.4. The molecular formula is C18H33NO2. The SMILES string of the molecule is CCNC(C1CCOC2(CCCC2)C1)C(OCC)C1CC1. The van der Waals surface area contributed by atoms with Gasteiger partial charge in [-0.3, -0.25) is 0 Å². The molecule has 0 aromatic rings. The molecule has 3 fully saturated rings. The van der Waals surface area contributed by atoms with E-state index in [1.165, 1.54) is 51.4 Å².